The molecular weight excluding hydrogens is 268 g/mol. The van der Waals surface area contributed by atoms with Crippen LogP contribution in [0.3, 0.4) is 0 Å². The average Bonchev–Trinajstić information content (AvgIpc) is 2.58. The Morgan fingerprint density at radius 2 is 2.05 bits per heavy atom. The smallest absolute Gasteiger partial charge is 0.0471 e. The highest BCUT2D eigenvalue weighted by Gasteiger charge is 2.24. The number of rotatable bonds is 4. The van der Waals surface area contributed by atoms with E-state index in [4.69, 9.17) is 11.6 Å². The number of nitrogens with zero attached hydrogens (tertiary/aromatic N) is 1. The molecule has 0 bridgehead atoms. The minimum atomic E-state index is 0.467. The van der Waals surface area contributed by atoms with E-state index in [1.165, 1.54) is 30.5 Å². The van der Waals surface area contributed by atoms with E-state index in [9.17, 15) is 0 Å². The third kappa shape index (κ3) is 3.89. The van der Waals surface area contributed by atoms with Crippen molar-refractivity contribution in [1.29, 1.82) is 0 Å². The van der Waals surface area contributed by atoms with Crippen molar-refractivity contribution in [2.24, 2.45) is 5.41 Å². The van der Waals surface area contributed by atoms with Gasteiger partial charge in [0.15, 0.2) is 0 Å². The lowest BCUT2D eigenvalue weighted by molar-refractivity contribution is 0.325. The standard InChI is InChI=1S/C17H27ClN2/c1-4-19-13-14-15(18)7-5-8-16(14)20-11-6-9-17(2,3)10-12-20/h5,7-8,19H,4,6,9-13H2,1-3H3. The molecule has 1 aromatic rings. The molecule has 1 aliphatic rings. The van der Waals surface area contributed by atoms with Crippen molar-refractivity contribution in [3.63, 3.8) is 0 Å². The maximum atomic E-state index is 6.41. The highest BCUT2D eigenvalue weighted by atomic mass is 35.5. The summed E-state index contributed by atoms with van der Waals surface area (Å²) in [5, 5.41) is 4.29. The van der Waals surface area contributed by atoms with E-state index in [1.807, 2.05) is 6.07 Å². The van der Waals surface area contributed by atoms with Gasteiger partial charge in [-0.1, -0.05) is 38.4 Å². The molecule has 1 fully saturated rings. The summed E-state index contributed by atoms with van der Waals surface area (Å²) in [6.45, 7) is 11.0. The van der Waals surface area contributed by atoms with Crippen molar-refractivity contribution in [2.45, 2.75) is 46.6 Å². The van der Waals surface area contributed by atoms with Crippen molar-refractivity contribution in [1.82, 2.24) is 5.32 Å². The normalized spacial score (nSPS) is 18.9. The van der Waals surface area contributed by atoms with E-state index in [0.29, 0.717) is 5.41 Å². The van der Waals surface area contributed by atoms with Crippen LogP contribution >= 0.6 is 11.6 Å². The summed E-state index contributed by atoms with van der Waals surface area (Å²) in [5.74, 6) is 0. The first-order valence-corrected chi connectivity index (χ1v) is 8.14. The molecule has 1 aromatic carbocycles. The lowest BCUT2D eigenvalue weighted by Crippen LogP contribution is -2.27. The number of hydrogen-bond donors (Lipinski definition) is 1. The minimum absolute atomic E-state index is 0.467. The molecule has 0 aromatic heterocycles. The van der Waals surface area contributed by atoms with Gasteiger partial charge in [0.2, 0.25) is 0 Å². The molecular formula is C17H27ClN2. The number of benzene rings is 1. The summed E-state index contributed by atoms with van der Waals surface area (Å²) in [5.41, 5.74) is 3.03. The first-order chi connectivity index (χ1) is 9.53. The molecule has 20 heavy (non-hydrogen) atoms. The molecule has 1 N–H and O–H groups in total. The van der Waals surface area contributed by atoms with E-state index in [0.717, 1.165) is 31.2 Å². The fourth-order valence-electron chi connectivity index (χ4n) is 2.93. The third-order valence-corrected chi connectivity index (χ3v) is 4.68. The van der Waals surface area contributed by atoms with Gasteiger partial charge in [-0.3, -0.25) is 0 Å². The van der Waals surface area contributed by atoms with Gasteiger partial charge in [-0.2, -0.15) is 0 Å². The molecule has 0 aliphatic carbocycles. The second-order valence-electron chi connectivity index (χ2n) is 6.52. The van der Waals surface area contributed by atoms with Gasteiger partial charge in [0.05, 0.1) is 0 Å². The molecule has 0 atom stereocenters. The van der Waals surface area contributed by atoms with Gasteiger partial charge in [0.1, 0.15) is 0 Å². The average molecular weight is 295 g/mol. The Balaban J connectivity index is 2.21. The number of nitrogens with one attached hydrogen (secondary N) is 1. The van der Waals surface area contributed by atoms with Crippen LogP contribution in [0.2, 0.25) is 5.02 Å². The first kappa shape index (κ1) is 15.7. The Hall–Kier alpha value is -0.730. The zero-order valence-corrected chi connectivity index (χ0v) is 13.8. The van der Waals surface area contributed by atoms with E-state index in [2.05, 4.69) is 43.1 Å². The molecule has 1 heterocycles. The van der Waals surface area contributed by atoms with Gasteiger partial charge in [-0.05, 0) is 43.4 Å². The predicted octanol–water partition coefficient (Wildman–Crippen LogP) is 4.47. The zero-order chi connectivity index (χ0) is 14.6. The monoisotopic (exact) mass is 294 g/mol. The summed E-state index contributed by atoms with van der Waals surface area (Å²) < 4.78 is 0. The number of anilines is 1. The second-order valence-corrected chi connectivity index (χ2v) is 6.93. The van der Waals surface area contributed by atoms with Gasteiger partial charge < -0.3 is 10.2 Å². The molecule has 2 rings (SSSR count). The predicted molar refractivity (Wildman–Crippen MR) is 88.7 cm³/mol. The van der Waals surface area contributed by atoms with Crippen LogP contribution in [0.25, 0.3) is 0 Å². The summed E-state index contributed by atoms with van der Waals surface area (Å²) in [6.07, 6.45) is 3.83. The van der Waals surface area contributed by atoms with Crippen molar-refractivity contribution in [3.8, 4) is 0 Å². The molecule has 1 saturated heterocycles. The lowest BCUT2D eigenvalue weighted by atomic mass is 9.85. The van der Waals surface area contributed by atoms with Crippen molar-refractivity contribution in [3.05, 3.63) is 28.8 Å². The Bertz CT molecular complexity index is 443. The topological polar surface area (TPSA) is 15.3 Å². The molecule has 112 valence electrons. The van der Waals surface area contributed by atoms with E-state index >= 15 is 0 Å². The zero-order valence-electron chi connectivity index (χ0n) is 13.0. The van der Waals surface area contributed by atoms with E-state index in [-0.39, 0.29) is 0 Å². The van der Waals surface area contributed by atoms with Crippen molar-refractivity contribution in [2.75, 3.05) is 24.5 Å². The van der Waals surface area contributed by atoms with E-state index in [1.54, 1.807) is 0 Å². The maximum Gasteiger partial charge on any atom is 0.0471 e. The Labute approximate surface area is 128 Å². The van der Waals surface area contributed by atoms with Gasteiger partial charge in [-0.15, -0.1) is 0 Å². The molecule has 0 unspecified atom stereocenters. The van der Waals surface area contributed by atoms with Crippen LogP contribution in [0.4, 0.5) is 5.69 Å². The fraction of sp³-hybridized carbons (Fsp3) is 0.647. The largest absolute Gasteiger partial charge is 0.371 e. The quantitative estimate of drug-likeness (QED) is 0.881. The summed E-state index contributed by atoms with van der Waals surface area (Å²) in [4.78, 5) is 2.52. The van der Waals surface area contributed by atoms with Crippen LogP contribution in [0, 0.1) is 5.41 Å². The Morgan fingerprint density at radius 3 is 2.80 bits per heavy atom. The van der Waals surface area contributed by atoms with Gasteiger partial charge in [0, 0.05) is 35.9 Å². The molecule has 0 radical (unpaired) electrons. The Morgan fingerprint density at radius 1 is 1.25 bits per heavy atom. The molecule has 0 saturated carbocycles. The summed E-state index contributed by atoms with van der Waals surface area (Å²) >= 11 is 6.41. The molecule has 3 heteroatoms. The second kappa shape index (κ2) is 6.82. The Kier molecular flexibility index (Phi) is 5.34. The maximum absolute atomic E-state index is 6.41. The van der Waals surface area contributed by atoms with Crippen LogP contribution in [0.1, 0.15) is 45.6 Å². The number of hydrogen-bond acceptors (Lipinski definition) is 2. The molecule has 1 aliphatic heterocycles. The van der Waals surface area contributed by atoms with Crippen LogP contribution in [0.5, 0.6) is 0 Å². The van der Waals surface area contributed by atoms with Crippen LogP contribution in [0.15, 0.2) is 18.2 Å². The van der Waals surface area contributed by atoms with Crippen molar-refractivity contribution >= 4 is 17.3 Å². The molecule has 0 spiro atoms. The van der Waals surface area contributed by atoms with Gasteiger partial charge in [-0.25, -0.2) is 0 Å². The third-order valence-electron chi connectivity index (χ3n) is 4.33. The van der Waals surface area contributed by atoms with Crippen LogP contribution in [-0.2, 0) is 6.54 Å². The summed E-state index contributed by atoms with van der Waals surface area (Å²) in [7, 11) is 0. The minimum Gasteiger partial charge on any atom is -0.371 e. The molecule has 0 amide bonds. The first-order valence-electron chi connectivity index (χ1n) is 7.76. The van der Waals surface area contributed by atoms with Crippen LogP contribution in [-0.4, -0.2) is 19.6 Å². The fourth-order valence-corrected chi connectivity index (χ4v) is 3.17. The lowest BCUT2D eigenvalue weighted by Gasteiger charge is -2.27. The van der Waals surface area contributed by atoms with Gasteiger partial charge in [0.25, 0.3) is 0 Å². The highest BCUT2D eigenvalue weighted by molar-refractivity contribution is 6.31. The highest BCUT2D eigenvalue weighted by Crippen LogP contribution is 2.34. The molecule has 2 nitrogen and oxygen atoms in total. The van der Waals surface area contributed by atoms with Gasteiger partial charge >= 0.3 is 0 Å². The number of halogens is 1. The SMILES string of the molecule is CCNCc1c(Cl)cccc1N1CCCC(C)(C)CC1. The van der Waals surface area contributed by atoms with Crippen molar-refractivity contribution < 1.29 is 0 Å². The summed E-state index contributed by atoms with van der Waals surface area (Å²) in [6, 6.07) is 6.29. The van der Waals surface area contributed by atoms with Crippen LogP contribution < -0.4 is 10.2 Å². The van der Waals surface area contributed by atoms with E-state index < -0.39 is 0 Å².